The van der Waals surface area contributed by atoms with Crippen LogP contribution in [0, 0.1) is 6.92 Å². The number of nitrogen functional groups attached to an aromatic ring is 1. The molecule has 0 bridgehead atoms. The van der Waals surface area contributed by atoms with Crippen molar-refractivity contribution >= 4 is 23.4 Å². The Hall–Kier alpha value is -2.28. The Balaban J connectivity index is 1.88. The normalized spacial score (nSPS) is 14.0. The minimum atomic E-state index is -0.709. The first-order chi connectivity index (χ1) is 11.0. The van der Waals surface area contributed by atoms with E-state index in [0.717, 1.165) is 23.3 Å². The number of aromatic nitrogens is 2. The van der Waals surface area contributed by atoms with Crippen LogP contribution in [0.5, 0.6) is 0 Å². The van der Waals surface area contributed by atoms with Crippen LogP contribution in [0.1, 0.15) is 34.8 Å². The van der Waals surface area contributed by atoms with Gasteiger partial charge in [-0.15, -0.1) is 11.8 Å². The van der Waals surface area contributed by atoms with E-state index in [1.807, 2.05) is 31.2 Å². The molecule has 1 aromatic heterocycles. The lowest BCUT2D eigenvalue weighted by molar-refractivity contribution is 0.102. The molecule has 0 amide bonds. The Labute approximate surface area is 136 Å². The molecule has 6 nitrogen and oxygen atoms in total. The Morgan fingerprint density at radius 2 is 2.04 bits per heavy atom. The van der Waals surface area contributed by atoms with Crippen molar-refractivity contribution in [2.24, 2.45) is 0 Å². The topological polar surface area (TPSA) is 97.9 Å². The minimum Gasteiger partial charge on any atom is -0.384 e. The number of ketones is 1. The predicted molar refractivity (Wildman–Crippen MR) is 90.2 cm³/mol. The Morgan fingerprint density at radius 3 is 2.70 bits per heavy atom. The van der Waals surface area contributed by atoms with Gasteiger partial charge in [-0.25, -0.2) is 4.79 Å². The maximum atomic E-state index is 12.4. The molecule has 3 N–H and O–H groups in total. The number of thioether (sulfide) groups is 1. The number of anilines is 1. The smallest absolute Gasteiger partial charge is 0.330 e. The highest BCUT2D eigenvalue weighted by Crippen LogP contribution is 2.35. The van der Waals surface area contributed by atoms with E-state index in [2.05, 4.69) is 4.98 Å². The maximum absolute atomic E-state index is 12.4. The molecule has 1 aliphatic carbocycles. The molecule has 1 aliphatic rings. The first kappa shape index (κ1) is 15.6. The van der Waals surface area contributed by atoms with Crippen LogP contribution < -0.4 is 17.0 Å². The van der Waals surface area contributed by atoms with Crippen molar-refractivity contribution in [3.63, 3.8) is 0 Å². The summed E-state index contributed by atoms with van der Waals surface area (Å²) in [7, 11) is 0. The average Bonchev–Trinajstić information content (AvgIpc) is 3.30. The number of nitrogens with two attached hydrogens (primary N) is 1. The number of carbonyl (C=O) groups excluding carboxylic acids is 1. The number of carbonyl (C=O) groups is 1. The van der Waals surface area contributed by atoms with Gasteiger partial charge in [0, 0.05) is 10.9 Å². The lowest BCUT2D eigenvalue weighted by Crippen LogP contribution is -2.36. The Bertz CT molecular complexity index is 881. The highest BCUT2D eigenvalue weighted by atomic mass is 32.2. The fourth-order valence-corrected chi connectivity index (χ4v) is 3.37. The van der Waals surface area contributed by atoms with Gasteiger partial charge in [-0.05, 0) is 31.4 Å². The number of nitrogens with zero attached hydrogens (tertiary/aromatic N) is 1. The van der Waals surface area contributed by atoms with Crippen molar-refractivity contribution in [3.05, 3.63) is 56.2 Å². The number of aryl methyl sites for hydroxylation is 1. The van der Waals surface area contributed by atoms with Gasteiger partial charge in [-0.3, -0.25) is 19.1 Å². The van der Waals surface area contributed by atoms with Gasteiger partial charge in [0.15, 0.2) is 5.78 Å². The van der Waals surface area contributed by atoms with Crippen LogP contribution in [-0.2, 0) is 0 Å². The molecule has 1 heterocycles. The van der Waals surface area contributed by atoms with Crippen molar-refractivity contribution < 1.29 is 4.79 Å². The summed E-state index contributed by atoms with van der Waals surface area (Å²) >= 11 is 1.36. The Morgan fingerprint density at radius 1 is 1.35 bits per heavy atom. The van der Waals surface area contributed by atoms with Crippen molar-refractivity contribution in [3.8, 4) is 0 Å². The van der Waals surface area contributed by atoms with Gasteiger partial charge in [-0.2, -0.15) is 0 Å². The van der Waals surface area contributed by atoms with Crippen LogP contribution >= 0.6 is 11.8 Å². The molecule has 0 radical (unpaired) electrons. The van der Waals surface area contributed by atoms with Crippen LogP contribution in [0.2, 0.25) is 0 Å². The van der Waals surface area contributed by atoms with Crippen molar-refractivity contribution in [2.45, 2.75) is 30.7 Å². The van der Waals surface area contributed by atoms with Gasteiger partial charge in [0.25, 0.3) is 5.56 Å². The summed E-state index contributed by atoms with van der Waals surface area (Å²) in [5.41, 5.74) is 5.64. The summed E-state index contributed by atoms with van der Waals surface area (Å²) in [4.78, 5) is 39.5. The summed E-state index contributed by atoms with van der Waals surface area (Å²) in [6, 6.07) is 7.70. The number of nitrogens with one attached hydrogen (secondary N) is 1. The van der Waals surface area contributed by atoms with E-state index >= 15 is 0 Å². The summed E-state index contributed by atoms with van der Waals surface area (Å²) in [6.07, 6.45) is 1.67. The first-order valence-corrected chi connectivity index (χ1v) is 8.33. The molecule has 0 spiro atoms. The highest BCUT2D eigenvalue weighted by Gasteiger charge is 2.29. The third-order valence-electron chi connectivity index (χ3n) is 3.83. The van der Waals surface area contributed by atoms with Crippen LogP contribution in [0.25, 0.3) is 0 Å². The maximum Gasteiger partial charge on any atom is 0.330 e. The second kappa shape index (κ2) is 6.08. The van der Waals surface area contributed by atoms with E-state index in [0.29, 0.717) is 0 Å². The van der Waals surface area contributed by atoms with Gasteiger partial charge in [0.1, 0.15) is 11.4 Å². The number of aromatic amines is 1. The molecule has 120 valence electrons. The van der Waals surface area contributed by atoms with Crippen LogP contribution in [0.3, 0.4) is 0 Å². The largest absolute Gasteiger partial charge is 0.384 e. The van der Waals surface area contributed by atoms with Crippen molar-refractivity contribution in [1.82, 2.24) is 9.55 Å². The molecule has 0 aliphatic heterocycles. The molecule has 3 rings (SSSR count). The zero-order valence-electron chi connectivity index (χ0n) is 12.7. The lowest BCUT2D eigenvalue weighted by atomic mass is 10.2. The van der Waals surface area contributed by atoms with E-state index in [1.54, 1.807) is 0 Å². The number of hydrogen-bond donors (Lipinski definition) is 2. The summed E-state index contributed by atoms with van der Waals surface area (Å²) in [5.74, 6) is -0.288. The second-order valence-corrected chi connectivity index (χ2v) is 6.62. The number of Topliss-reactive ketones (excluding diaryl/α,β-unsaturated/α-hetero) is 1. The summed E-state index contributed by atoms with van der Waals surface area (Å²) in [6.45, 7) is 1.96. The molecule has 1 fully saturated rings. The number of hydrogen-bond acceptors (Lipinski definition) is 5. The number of benzene rings is 1. The molecule has 23 heavy (non-hydrogen) atoms. The average molecular weight is 331 g/mol. The zero-order chi connectivity index (χ0) is 16.6. The SMILES string of the molecule is Cc1ccccc1SCC(=O)c1c(N)n(C2CC2)c(=O)[nH]c1=O. The van der Waals surface area contributed by atoms with E-state index in [4.69, 9.17) is 5.73 Å². The summed E-state index contributed by atoms with van der Waals surface area (Å²) < 4.78 is 1.33. The molecular weight excluding hydrogens is 314 g/mol. The van der Waals surface area contributed by atoms with Gasteiger partial charge < -0.3 is 5.73 Å². The molecule has 1 aromatic carbocycles. The first-order valence-electron chi connectivity index (χ1n) is 7.35. The third-order valence-corrected chi connectivity index (χ3v) is 5.00. The van der Waals surface area contributed by atoms with Crippen molar-refractivity contribution in [2.75, 3.05) is 11.5 Å². The fourth-order valence-electron chi connectivity index (χ4n) is 2.46. The van der Waals surface area contributed by atoms with Crippen molar-refractivity contribution in [1.29, 1.82) is 0 Å². The van der Waals surface area contributed by atoms with Crippen LogP contribution in [0.15, 0.2) is 38.8 Å². The Kier molecular flexibility index (Phi) is 4.12. The van der Waals surface area contributed by atoms with Crippen LogP contribution in [-0.4, -0.2) is 21.1 Å². The minimum absolute atomic E-state index is 0.00470. The second-order valence-electron chi connectivity index (χ2n) is 5.60. The standard InChI is InChI=1S/C16H17N3O3S/c1-9-4-2-3-5-12(9)23-8-11(20)13-14(17)19(10-6-7-10)16(22)18-15(13)21/h2-5,10H,6-8,17H2,1H3,(H,18,21,22). The molecule has 1 saturated carbocycles. The summed E-state index contributed by atoms with van der Waals surface area (Å²) in [5, 5.41) is 0. The number of H-pyrrole nitrogens is 1. The van der Waals surface area contributed by atoms with E-state index in [9.17, 15) is 14.4 Å². The van der Waals surface area contributed by atoms with E-state index in [1.165, 1.54) is 16.3 Å². The van der Waals surface area contributed by atoms with E-state index < -0.39 is 11.2 Å². The highest BCUT2D eigenvalue weighted by molar-refractivity contribution is 8.00. The predicted octanol–water partition coefficient (Wildman–Crippen LogP) is 1.74. The molecule has 7 heteroatoms. The molecule has 0 atom stereocenters. The van der Waals surface area contributed by atoms with Gasteiger partial charge >= 0.3 is 5.69 Å². The number of rotatable bonds is 5. The zero-order valence-corrected chi connectivity index (χ0v) is 13.5. The van der Waals surface area contributed by atoms with Gasteiger partial charge in [0.2, 0.25) is 0 Å². The molecular formula is C16H17N3O3S. The van der Waals surface area contributed by atoms with Crippen LogP contribution in [0.4, 0.5) is 5.82 Å². The van der Waals surface area contributed by atoms with Gasteiger partial charge in [-0.1, -0.05) is 18.2 Å². The monoisotopic (exact) mass is 331 g/mol. The van der Waals surface area contributed by atoms with E-state index in [-0.39, 0.29) is 29.0 Å². The molecule has 0 unspecified atom stereocenters. The molecule has 2 aromatic rings. The fraction of sp³-hybridized carbons (Fsp3) is 0.312. The third kappa shape index (κ3) is 3.10. The molecule has 0 saturated heterocycles. The lowest BCUT2D eigenvalue weighted by Gasteiger charge is -2.11. The van der Waals surface area contributed by atoms with Gasteiger partial charge in [0.05, 0.1) is 5.75 Å². The quantitative estimate of drug-likeness (QED) is 0.642.